The Hall–Kier alpha value is -11.0. The third-order valence-electron chi connectivity index (χ3n) is 20.0. The van der Waals surface area contributed by atoms with Crippen LogP contribution in [0.4, 0.5) is 0 Å². The minimum atomic E-state index is -0.239. The molecule has 4 atom stereocenters. The molecule has 13 aromatic rings. The second kappa shape index (κ2) is 25.7. The molecule has 0 amide bonds. The Morgan fingerprint density at radius 2 is 0.355 bits per heavy atom. The van der Waals surface area contributed by atoms with E-state index < -0.39 is 0 Å². The number of hydrogen-bond acceptors (Lipinski definition) is 0. The fourth-order valence-electron chi connectivity index (χ4n) is 16.5. The van der Waals surface area contributed by atoms with Crippen molar-refractivity contribution >= 4 is 80.7 Å². The molecule has 0 saturated carbocycles. The Bertz CT molecular complexity index is 4340. The molecule has 3 aliphatic rings. The molecular weight excluding hydrogens is 1110 g/mol. The summed E-state index contributed by atoms with van der Waals surface area (Å²) in [6, 6.07) is 145. The number of rotatable bonds is 15. The van der Waals surface area contributed by atoms with Gasteiger partial charge in [-0.3, -0.25) is 0 Å². The van der Waals surface area contributed by atoms with Crippen LogP contribution in [-0.4, -0.2) is 20.1 Å². The van der Waals surface area contributed by atoms with E-state index in [1.54, 1.807) is 0 Å². The van der Waals surface area contributed by atoms with Crippen LogP contribution in [0.2, 0.25) is 0 Å². The Morgan fingerprint density at radius 1 is 0.172 bits per heavy atom. The maximum absolute atomic E-state index is 2.71. The molecule has 3 heterocycles. The van der Waals surface area contributed by atoms with Gasteiger partial charge in [0.25, 0.3) is 0 Å². The largest absolute Gasteiger partial charge is 0.244 e. The summed E-state index contributed by atoms with van der Waals surface area (Å²) in [5.74, 6) is 0.277. The quantitative estimate of drug-likeness (QED) is 0.0898. The third-order valence-corrected chi connectivity index (χ3v) is 20.0. The highest BCUT2D eigenvalue weighted by atomic mass is 14.4. The van der Waals surface area contributed by atoms with Gasteiger partial charge in [-0.1, -0.05) is 432 Å². The molecule has 1 fully saturated rings. The van der Waals surface area contributed by atoms with E-state index in [0.717, 1.165) is 0 Å². The molecule has 1 unspecified atom stereocenters. The maximum Gasteiger partial charge on any atom is 0.244 e. The standard InChI is InChI=1S/C90H67B3/c1-13-37-64(38-14-1)79-80(65-39-15-2-16-40-65)86(71-51-27-8-28-52-71)91(85(79)70-49-25-7-26-50-70)76-61-77(92-87(72-53-29-9-30-54-72)81(66-41-17-3-18-42-66)82(67-43-19-4-20-44-67)88(92)73-55-31-10-32-56-73)63-78(62-76)93-89(74-57-33-11-34-58-74)83(68-45-21-5-22-46-68)84(69-47-23-6-24-48-69)90(93)75-59-35-12-36-60-75/h1-63,79-80,85-86H/t79-,80+,85-,86?/m0/s1. The molecule has 3 aliphatic heterocycles. The van der Waals surface area contributed by atoms with E-state index in [0.29, 0.717) is 0 Å². The van der Waals surface area contributed by atoms with Crippen LogP contribution in [-0.2, 0) is 0 Å². The fourth-order valence-corrected chi connectivity index (χ4v) is 16.5. The van der Waals surface area contributed by atoms with Crippen molar-refractivity contribution in [1.29, 1.82) is 0 Å². The van der Waals surface area contributed by atoms with E-state index in [2.05, 4.69) is 382 Å². The van der Waals surface area contributed by atoms with Crippen LogP contribution in [0.15, 0.2) is 382 Å². The summed E-state index contributed by atoms with van der Waals surface area (Å²) in [6.45, 7) is -0.507. The summed E-state index contributed by atoms with van der Waals surface area (Å²) in [5, 5.41) is 0. The number of allylic oxidation sites excluding steroid dienone is 4. The van der Waals surface area contributed by atoms with Gasteiger partial charge in [-0.2, -0.15) is 0 Å². The molecule has 93 heavy (non-hydrogen) atoms. The average Bonchev–Trinajstić information content (AvgIpc) is 1.58. The minimum absolute atomic E-state index is 0.0299. The Balaban J connectivity index is 1.10. The lowest BCUT2D eigenvalue weighted by Gasteiger charge is -2.29. The van der Waals surface area contributed by atoms with Crippen molar-refractivity contribution in [3.8, 4) is 0 Å². The van der Waals surface area contributed by atoms with Gasteiger partial charge in [0.2, 0.25) is 13.4 Å². The van der Waals surface area contributed by atoms with Crippen molar-refractivity contribution in [2.45, 2.75) is 23.5 Å². The zero-order valence-corrected chi connectivity index (χ0v) is 51.9. The Kier molecular flexibility index (Phi) is 15.8. The van der Waals surface area contributed by atoms with E-state index in [1.807, 2.05) is 0 Å². The van der Waals surface area contributed by atoms with Crippen molar-refractivity contribution < 1.29 is 0 Å². The molecule has 3 heteroatoms. The van der Waals surface area contributed by atoms with Crippen molar-refractivity contribution in [3.63, 3.8) is 0 Å². The second-order valence-corrected chi connectivity index (χ2v) is 25.2. The van der Waals surface area contributed by atoms with E-state index >= 15 is 0 Å². The minimum Gasteiger partial charge on any atom is -0.0797 e. The van der Waals surface area contributed by atoms with Crippen molar-refractivity contribution in [3.05, 3.63) is 449 Å². The molecular formula is C90H67B3. The lowest BCUT2D eigenvalue weighted by atomic mass is 9.27. The van der Waals surface area contributed by atoms with E-state index in [9.17, 15) is 0 Å². The maximum atomic E-state index is 2.71. The van der Waals surface area contributed by atoms with Gasteiger partial charge in [0.05, 0.1) is 0 Å². The monoisotopic (exact) mass is 1180 g/mol. The van der Waals surface area contributed by atoms with Crippen LogP contribution in [0, 0.1) is 0 Å². The van der Waals surface area contributed by atoms with Gasteiger partial charge in [-0.15, -0.1) is 0 Å². The van der Waals surface area contributed by atoms with Crippen molar-refractivity contribution in [2.75, 3.05) is 0 Å². The van der Waals surface area contributed by atoms with Gasteiger partial charge in [0.15, 0.2) is 6.71 Å². The Labute approximate surface area is 549 Å². The molecule has 1 saturated heterocycles. The lowest BCUT2D eigenvalue weighted by Crippen LogP contribution is -2.48. The molecule has 0 N–H and O–H groups in total. The zero-order chi connectivity index (χ0) is 61.9. The average molecular weight is 1180 g/mol. The molecule has 0 radical (unpaired) electrons. The first kappa shape index (κ1) is 57.2. The topological polar surface area (TPSA) is 0 Å². The molecule has 0 bridgehead atoms. The van der Waals surface area contributed by atoms with Gasteiger partial charge in [-0.05, 0) is 101 Å². The van der Waals surface area contributed by atoms with Gasteiger partial charge < -0.3 is 0 Å². The predicted molar refractivity (Wildman–Crippen MR) is 398 cm³/mol. The van der Waals surface area contributed by atoms with Crippen molar-refractivity contribution in [2.24, 2.45) is 0 Å². The summed E-state index contributed by atoms with van der Waals surface area (Å²) >= 11 is 0. The number of benzene rings is 13. The van der Waals surface area contributed by atoms with Crippen LogP contribution in [0.5, 0.6) is 0 Å². The van der Waals surface area contributed by atoms with E-state index in [1.165, 1.54) is 127 Å². The first-order valence-corrected chi connectivity index (χ1v) is 33.0. The van der Waals surface area contributed by atoms with Crippen LogP contribution in [0.1, 0.15) is 90.2 Å². The molecule has 0 nitrogen and oxygen atoms in total. The van der Waals surface area contributed by atoms with Gasteiger partial charge in [0, 0.05) is 0 Å². The van der Waals surface area contributed by atoms with Crippen LogP contribution < -0.4 is 16.4 Å². The zero-order valence-electron chi connectivity index (χ0n) is 51.9. The predicted octanol–water partition coefficient (Wildman–Crippen LogP) is 19.6. The lowest BCUT2D eigenvalue weighted by molar-refractivity contribution is 0.553. The van der Waals surface area contributed by atoms with Gasteiger partial charge in [-0.25, -0.2) is 0 Å². The van der Waals surface area contributed by atoms with Crippen LogP contribution >= 0.6 is 0 Å². The summed E-state index contributed by atoms with van der Waals surface area (Å²) in [6.07, 6.45) is 0. The first-order chi connectivity index (χ1) is 46.2. The number of hydrogen-bond donors (Lipinski definition) is 0. The molecule has 0 spiro atoms. The summed E-state index contributed by atoms with van der Waals surface area (Å²) in [5.41, 5.74) is 29.2. The molecule has 0 aliphatic carbocycles. The molecule has 436 valence electrons. The molecule has 0 aromatic heterocycles. The van der Waals surface area contributed by atoms with E-state index in [4.69, 9.17) is 0 Å². The second-order valence-electron chi connectivity index (χ2n) is 25.2. The summed E-state index contributed by atoms with van der Waals surface area (Å²) in [4.78, 5) is 0. The van der Waals surface area contributed by atoms with E-state index in [-0.39, 0.29) is 43.6 Å². The molecule has 13 aromatic carbocycles. The smallest absolute Gasteiger partial charge is 0.0797 e. The fraction of sp³-hybridized carbons (Fsp3) is 0.0444. The highest BCUT2D eigenvalue weighted by Gasteiger charge is 2.56. The Morgan fingerprint density at radius 3 is 0.581 bits per heavy atom. The summed E-state index contributed by atoms with van der Waals surface area (Å²) < 4.78 is 0. The first-order valence-electron chi connectivity index (χ1n) is 33.0. The van der Waals surface area contributed by atoms with Gasteiger partial charge in [0.1, 0.15) is 0 Å². The van der Waals surface area contributed by atoms with Crippen molar-refractivity contribution in [1.82, 2.24) is 0 Å². The normalized spacial score (nSPS) is 17.2. The third kappa shape index (κ3) is 10.7. The molecule has 16 rings (SSSR count). The highest BCUT2D eigenvalue weighted by molar-refractivity contribution is 7.11. The summed E-state index contributed by atoms with van der Waals surface area (Å²) in [7, 11) is 0. The SMILES string of the molecule is c1ccc(C2=C(c3ccccc3)C(c3ccccc3)=C(c3ccccc3)B2c2cc(B3C(c4ccccc4)=C(c4ccccc4)C(c4ccccc4)=C3c3ccccc3)cc(B3C(c4ccccc4)[C@H](c4ccccc4)[C@H](c4ccccc4)[C@@H]3c3ccccc3)c2)cc1. The van der Waals surface area contributed by atoms with Crippen LogP contribution in [0.3, 0.4) is 0 Å². The van der Waals surface area contributed by atoms with Crippen LogP contribution in [0.25, 0.3) is 44.2 Å². The highest BCUT2D eigenvalue weighted by Crippen LogP contribution is 2.60. The van der Waals surface area contributed by atoms with Gasteiger partial charge >= 0.3 is 0 Å².